The lowest BCUT2D eigenvalue weighted by atomic mass is 9.72. The Labute approximate surface area is 150 Å². The molecule has 0 aliphatic carbocycles. The number of hydrogen-bond donors (Lipinski definition) is 0. The maximum atomic E-state index is 12.2. The van der Waals surface area contributed by atoms with Crippen molar-refractivity contribution >= 4 is 11.9 Å². The highest BCUT2D eigenvalue weighted by Gasteiger charge is 2.41. The van der Waals surface area contributed by atoms with Gasteiger partial charge < -0.3 is 14.5 Å². The number of hydrogen-bond acceptors (Lipinski definition) is 5. The van der Waals surface area contributed by atoms with E-state index < -0.39 is 0 Å². The van der Waals surface area contributed by atoms with E-state index in [1.165, 1.54) is 0 Å². The zero-order valence-corrected chi connectivity index (χ0v) is 15.8. The molecule has 0 unspecified atom stereocenters. The first-order chi connectivity index (χ1) is 12.0. The van der Waals surface area contributed by atoms with E-state index in [2.05, 4.69) is 19.8 Å². The smallest absolute Gasteiger partial charge is 0.225 e. The van der Waals surface area contributed by atoms with Crippen LogP contribution in [0.25, 0.3) is 0 Å². The van der Waals surface area contributed by atoms with Crippen molar-refractivity contribution < 1.29 is 9.53 Å². The molecule has 1 spiro atoms. The van der Waals surface area contributed by atoms with E-state index in [0.717, 1.165) is 69.2 Å². The fourth-order valence-electron chi connectivity index (χ4n) is 4.14. The molecule has 138 valence electrons. The SMILES string of the molecule is COCCCN1CC2(CCC1=O)CCN(c1nc(C)cc(C)n1)CC2. The van der Waals surface area contributed by atoms with Crippen LogP contribution in [0, 0.1) is 19.3 Å². The van der Waals surface area contributed by atoms with Crippen LogP contribution in [0.1, 0.15) is 43.5 Å². The Morgan fingerprint density at radius 2 is 1.84 bits per heavy atom. The molecule has 2 aliphatic heterocycles. The van der Waals surface area contributed by atoms with Gasteiger partial charge in [0.25, 0.3) is 0 Å². The van der Waals surface area contributed by atoms with Gasteiger partial charge in [0.15, 0.2) is 0 Å². The molecule has 2 fully saturated rings. The van der Waals surface area contributed by atoms with Gasteiger partial charge in [-0.1, -0.05) is 0 Å². The first kappa shape index (κ1) is 18.1. The summed E-state index contributed by atoms with van der Waals surface area (Å²) in [5, 5.41) is 0. The van der Waals surface area contributed by atoms with Gasteiger partial charge in [0.2, 0.25) is 11.9 Å². The van der Waals surface area contributed by atoms with Crippen molar-refractivity contribution in [3.05, 3.63) is 17.5 Å². The van der Waals surface area contributed by atoms with E-state index in [4.69, 9.17) is 4.74 Å². The third-order valence-corrected chi connectivity index (χ3v) is 5.60. The summed E-state index contributed by atoms with van der Waals surface area (Å²) in [6, 6.07) is 2.01. The van der Waals surface area contributed by atoms with Crippen molar-refractivity contribution in [3.8, 4) is 0 Å². The van der Waals surface area contributed by atoms with Crippen molar-refractivity contribution in [2.75, 3.05) is 44.8 Å². The largest absolute Gasteiger partial charge is 0.385 e. The fourth-order valence-corrected chi connectivity index (χ4v) is 4.14. The highest BCUT2D eigenvalue weighted by atomic mass is 16.5. The van der Waals surface area contributed by atoms with Crippen LogP contribution < -0.4 is 4.90 Å². The molecule has 0 atom stereocenters. The summed E-state index contributed by atoms with van der Waals surface area (Å²) >= 11 is 0. The number of carbonyl (C=O) groups is 1. The lowest BCUT2D eigenvalue weighted by molar-refractivity contribution is -0.138. The average Bonchev–Trinajstić information content (AvgIpc) is 2.58. The van der Waals surface area contributed by atoms with Gasteiger partial charge in [-0.2, -0.15) is 0 Å². The van der Waals surface area contributed by atoms with Crippen LogP contribution in [0.2, 0.25) is 0 Å². The molecule has 3 rings (SSSR count). The molecule has 6 heteroatoms. The quantitative estimate of drug-likeness (QED) is 0.766. The molecule has 2 saturated heterocycles. The number of likely N-dealkylation sites (tertiary alicyclic amines) is 1. The number of nitrogens with zero attached hydrogens (tertiary/aromatic N) is 4. The Balaban J connectivity index is 1.61. The third kappa shape index (κ3) is 4.29. The van der Waals surface area contributed by atoms with Crippen LogP contribution in [-0.2, 0) is 9.53 Å². The Morgan fingerprint density at radius 1 is 1.16 bits per heavy atom. The number of aryl methyl sites for hydroxylation is 2. The predicted octanol–water partition coefficient (Wildman–Crippen LogP) is 2.34. The van der Waals surface area contributed by atoms with Gasteiger partial charge in [0.1, 0.15) is 0 Å². The normalized spacial score (nSPS) is 20.4. The minimum absolute atomic E-state index is 0.274. The lowest BCUT2D eigenvalue weighted by Gasteiger charge is -2.47. The van der Waals surface area contributed by atoms with Gasteiger partial charge in [-0.3, -0.25) is 4.79 Å². The first-order valence-electron chi connectivity index (χ1n) is 9.35. The topological polar surface area (TPSA) is 58.6 Å². The zero-order valence-electron chi connectivity index (χ0n) is 15.8. The molecule has 0 N–H and O–H groups in total. The van der Waals surface area contributed by atoms with E-state index >= 15 is 0 Å². The fraction of sp³-hybridized carbons (Fsp3) is 0.737. The Morgan fingerprint density at radius 3 is 2.48 bits per heavy atom. The second-order valence-corrected chi connectivity index (χ2v) is 7.60. The molecule has 6 nitrogen and oxygen atoms in total. The molecule has 3 heterocycles. The summed E-state index contributed by atoms with van der Waals surface area (Å²) in [5.41, 5.74) is 2.32. The second-order valence-electron chi connectivity index (χ2n) is 7.60. The number of amides is 1. The molecule has 2 aliphatic rings. The van der Waals surface area contributed by atoms with Crippen LogP contribution in [0.15, 0.2) is 6.07 Å². The summed E-state index contributed by atoms with van der Waals surface area (Å²) in [4.78, 5) is 25.8. The number of ether oxygens (including phenoxy) is 1. The lowest BCUT2D eigenvalue weighted by Crippen LogP contribution is -2.52. The zero-order chi connectivity index (χ0) is 17.9. The summed E-state index contributed by atoms with van der Waals surface area (Å²) in [7, 11) is 1.71. The van der Waals surface area contributed by atoms with Gasteiger partial charge >= 0.3 is 0 Å². The summed E-state index contributed by atoms with van der Waals surface area (Å²) in [6.45, 7) is 8.43. The molecule has 1 aromatic heterocycles. The predicted molar refractivity (Wildman–Crippen MR) is 97.7 cm³/mol. The van der Waals surface area contributed by atoms with E-state index in [9.17, 15) is 4.79 Å². The summed E-state index contributed by atoms with van der Waals surface area (Å²) < 4.78 is 5.13. The Hall–Kier alpha value is -1.69. The first-order valence-corrected chi connectivity index (χ1v) is 9.35. The Kier molecular flexibility index (Phi) is 5.57. The second kappa shape index (κ2) is 7.68. The van der Waals surface area contributed by atoms with E-state index in [1.807, 2.05) is 19.9 Å². The molecule has 0 radical (unpaired) electrons. The number of anilines is 1. The molecular weight excluding hydrogens is 316 g/mol. The maximum absolute atomic E-state index is 12.2. The summed E-state index contributed by atoms with van der Waals surface area (Å²) in [5.74, 6) is 1.16. The summed E-state index contributed by atoms with van der Waals surface area (Å²) in [6.07, 6.45) is 4.84. The molecule has 1 amide bonds. The minimum Gasteiger partial charge on any atom is -0.385 e. The van der Waals surface area contributed by atoms with Gasteiger partial charge in [-0.25, -0.2) is 9.97 Å². The number of carbonyl (C=O) groups excluding carboxylic acids is 1. The molecule has 1 aromatic rings. The molecule has 0 aromatic carbocycles. The van der Waals surface area contributed by atoms with Crippen LogP contribution in [0.3, 0.4) is 0 Å². The van der Waals surface area contributed by atoms with E-state index in [1.54, 1.807) is 7.11 Å². The third-order valence-electron chi connectivity index (χ3n) is 5.60. The van der Waals surface area contributed by atoms with Crippen molar-refractivity contribution in [2.24, 2.45) is 5.41 Å². The van der Waals surface area contributed by atoms with Gasteiger partial charge in [-0.05, 0) is 51.0 Å². The van der Waals surface area contributed by atoms with Crippen LogP contribution in [0.4, 0.5) is 5.95 Å². The maximum Gasteiger partial charge on any atom is 0.225 e. The van der Waals surface area contributed by atoms with Crippen molar-refractivity contribution in [1.82, 2.24) is 14.9 Å². The monoisotopic (exact) mass is 346 g/mol. The van der Waals surface area contributed by atoms with Crippen molar-refractivity contribution in [1.29, 1.82) is 0 Å². The molecule has 25 heavy (non-hydrogen) atoms. The van der Waals surface area contributed by atoms with Crippen LogP contribution >= 0.6 is 0 Å². The van der Waals surface area contributed by atoms with Crippen LogP contribution in [-0.4, -0.2) is 60.7 Å². The van der Waals surface area contributed by atoms with Crippen LogP contribution in [0.5, 0.6) is 0 Å². The minimum atomic E-state index is 0.274. The molecular formula is C19H30N4O2. The molecule has 0 saturated carbocycles. The van der Waals surface area contributed by atoms with Crippen molar-refractivity contribution in [3.63, 3.8) is 0 Å². The van der Waals surface area contributed by atoms with Crippen molar-refractivity contribution in [2.45, 2.75) is 46.0 Å². The van der Waals surface area contributed by atoms with Gasteiger partial charge in [0, 0.05) is 57.7 Å². The Bertz CT molecular complexity index is 591. The van der Waals surface area contributed by atoms with E-state index in [-0.39, 0.29) is 5.41 Å². The number of piperidine rings is 2. The highest BCUT2D eigenvalue weighted by Crippen LogP contribution is 2.40. The van der Waals surface area contributed by atoms with Gasteiger partial charge in [-0.15, -0.1) is 0 Å². The number of aromatic nitrogens is 2. The number of methoxy groups -OCH3 is 1. The van der Waals surface area contributed by atoms with E-state index in [0.29, 0.717) is 18.9 Å². The molecule has 0 bridgehead atoms. The highest BCUT2D eigenvalue weighted by molar-refractivity contribution is 5.77. The number of rotatable bonds is 5. The average molecular weight is 346 g/mol. The standard InChI is InChI=1S/C19H30N4O2/c1-15-13-16(2)21-18(20-15)22-10-7-19(8-11-22)6-5-17(24)23(14-19)9-4-12-25-3/h13H,4-12,14H2,1-3H3. The van der Waals surface area contributed by atoms with Gasteiger partial charge in [0.05, 0.1) is 0 Å².